The number of nitrogens with one attached hydrogen (secondary N) is 1. The molecule has 0 saturated carbocycles. The SMILES string of the molecule is Fc1ccc(F)c(CNc2ccccc2-n2ccnn2)c1. The van der Waals surface area contributed by atoms with E-state index in [1.165, 1.54) is 6.07 Å². The van der Waals surface area contributed by atoms with Crippen molar-refractivity contribution in [1.29, 1.82) is 0 Å². The van der Waals surface area contributed by atoms with E-state index in [0.29, 0.717) is 0 Å². The van der Waals surface area contributed by atoms with Gasteiger partial charge in [0.05, 0.1) is 23.8 Å². The van der Waals surface area contributed by atoms with E-state index in [-0.39, 0.29) is 12.1 Å². The number of hydrogen-bond donors (Lipinski definition) is 1. The molecular formula is C15H12F2N4. The third-order valence-electron chi connectivity index (χ3n) is 3.05. The van der Waals surface area contributed by atoms with Crippen molar-refractivity contribution >= 4 is 5.69 Å². The quantitative estimate of drug-likeness (QED) is 0.801. The second-order valence-electron chi connectivity index (χ2n) is 4.45. The maximum atomic E-state index is 13.6. The van der Waals surface area contributed by atoms with E-state index in [1.807, 2.05) is 24.3 Å². The Morgan fingerprint density at radius 2 is 1.95 bits per heavy atom. The molecule has 1 N–H and O–H groups in total. The molecule has 106 valence electrons. The summed E-state index contributed by atoms with van der Waals surface area (Å²) in [5, 5.41) is 10.8. The summed E-state index contributed by atoms with van der Waals surface area (Å²) in [6, 6.07) is 10.8. The highest BCUT2D eigenvalue weighted by atomic mass is 19.1. The monoisotopic (exact) mass is 286 g/mol. The lowest BCUT2D eigenvalue weighted by atomic mass is 10.2. The molecule has 0 spiro atoms. The van der Waals surface area contributed by atoms with Gasteiger partial charge >= 0.3 is 0 Å². The zero-order valence-electron chi connectivity index (χ0n) is 11.0. The number of halogens is 2. The number of rotatable bonds is 4. The average Bonchev–Trinajstić information content (AvgIpc) is 3.03. The second kappa shape index (κ2) is 5.70. The molecule has 3 rings (SSSR count). The Bertz CT molecular complexity index is 741. The van der Waals surface area contributed by atoms with Gasteiger partial charge in [-0.25, -0.2) is 13.5 Å². The van der Waals surface area contributed by atoms with E-state index in [2.05, 4.69) is 15.6 Å². The van der Waals surface area contributed by atoms with Crippen LogP contribution in [0.4, 0.5) is 14.5 Å². The van der Waals surface area contributed by atoms with E-state index < -0.39 is 11.6 Å². The van der Waals surface area contributed by atoms with Gasteiger partial charge in [-0.15, -0.1) is 5.10 Å². The Hall–Kier alpha value is -2.76. The van der Waals surface area contributed by atoms with Crippen LogP contribution < -0.4 is 5.32 Å². The summed E-state index contributed by atoms with van der Waals surface area (Å²) in [5.41, 5.74) is 1.81. The van der Waals surface area contributed by atoms with Crippen LogP contribution in [0.3, 0.4) is 0 Å². The van der Waals surface area contributed by atoms with Crippen LogP contribution >= 0.6 is 0 Å². The van der Waals surface area contributed by atoms with Crippen LogP contribution in [-0.4, -0.2) is 15.0 Å². The molecule has 0 amide bonds. The maximum Gasteiger partial charge on any atom is 0.128 e. The molecule has 0 fully saturated rings. The van der Waals surface area contributed by atoms with E-state index in [0.717, 1.165) is 23.5 Å². The lowest BCUT2D eigenvalue weighted by Crippen LogP contribution is -2.06. The summed E-state index contributed by atoms with van der Waals surface area (Å²) in [6.07, 6.45) is 3.28. The summed E-state index contributed by atoms with van der Waals surface area (Å²) < 4.78 is 28.4. The first-order valence-electron chi connectivity index (χ1n) is 6.37. The number of benzene rings is 2. The Morgan fingerprint density at radius 3 is 2.76 bits per heavy atom. The molecule has 3 aromatic rings. The van der Waals surface area contributed by atoms with Crippen molar-refractivity contribution in [1.82, 2.24) is 15.0 Å². The molecule has 4 nitrogen and oxygen atoms in total. The summed E-state index contributed by atoms with van der Waals surface area (Å²) in [4.78, 5) is 0. The first-order chi connectivity index (χ1) is 10.2. The minimum atomic E-state index is -0.460. The van der Waals surface area contributed by atoms with Gasteiger partial charge in [-0.2, -0.15) is 0 Å². The average molecular weight is 286 g/mol. The van der Waals surface area contributed by atoms with Gasteiger partial charge in [-0.1, -0.05) is 17.3 Å². The first kappa shape index (κ1) is 13.2. The van der Waals surface area contributed by atoms with E-state index in [4.69, 9.17) is 0 Å². The van der Waals surface area contributed by atoms with Gasteiger partial charge in [0.2, 0.25) is 0 Å². The molecule has 1 aromatic heterocycles. The van der Waals surface area contributed by atoms with E-state index >= 15 is 0 Å². The number of nitrogens with zero attached hydrogens (tertiary/aromatic N) is 3. The highest BCUT2D eigenvalue weighted by molar-refractivity contribution is 5.60. The molecule has 0 saturated heterocycles. The van der Waals surface area contributed by atoms with Crippen LogP contribution in [0.25, 0.3) is 5.69 Å². The Kier molecular flexibility index (Phi) is 3.59. The van der Waals surface area contributed by atoms with Gasteiger partial charge in [0.15, 0.2) is 0 Å². The van der Waals surface area contributed by atoms with Crippen LogP contribution in [0.15, 0.2) is 54.9 Å². The van der Waals surface area contributed by atoms with Gasteiger partial charge in [-0.3, -0.25) is 0 Å². The fraction of sp³-hybridized carbons (Fsp3) is 0.0667. The van der Waals surface area contributed by atoms with Crippen LogP contribution in [-0.2, 0) is 6.54 Å². The zero-order chi connectivity index (χ0) is 14.7. The van der Waals surface area contributed by atoms with Gasteiger partial charge in [0.1, 0.15) is 11.6 Å². The lowest BCUT2D eigenvalue weighted by Gasteiger charge is -2.12. The zero-order valence-corrected chi connectivity index (χ0v) is 11.0. The molecule has 6 heteroatoms. The standard InChI is InChI=1S/C15H12F2N4/c16-12-5-6-13(17)11(9-12)10-18-14-3-1-2-4-15(14)21-8-7-19-20-21/h1-9,18H,10H2. The molecule has 2 aromatic carbocycles. The Morgan fingerprint density at radius 1 is 1.10 bits per heavy atom. The fourth-order valence-corrected chi connectivity index (χ4v) is 2.03. The predicted molar refractivity (Wildman–Crippen MR) is 75.0 cm³/mol. The molecule has 0 aliphatic heterocycles. The number of para-hydroxylation sites is 2. The first-order valence-corrected chi connectivity index (χ1v) is 6.37. The van der Waals surface area contributed by atoms with Crippen LogP contribution in [0, 0.1) is 11.6 Å². The van der Waals surface area contributed by atoms with Crippen LogP contribution in [0.1, 0.15) is 5.56 Å². The molecule has 0 bridgehead atoms. The Balaban J connectivity index is 1.84. The molecule has 0 unspecified atom stereocenters. The summed E-state index contributed by atoms with van der Waals surface area (Å²) >= 11 is 0. The van der Waals surface area contributed by atoms with Crippen molar-refractivity contribution in [2.45, 2.75) is 6.54 Å². The molecule has 0 atom stereocenters. The minimum absolute atomic E-state index is 0.176. The summed E-state index contributed by atoms with van der Waals surface area (Å²) in [6.45, 7) is 0.176. The molecule has 0 aliphatic rings. The number of hydrogen-bond acceptors (Lipinski definition) is 3. The molecule has 21 heavy (non-hydrogen) atoms. The van der Waals surface area contributed by atoms with Gasteiger partial charge in [0.25, 0.3) is 0 Å². The van der Waals surface area contributed by atoms with Crippen molar-refractivity contribution in [3.05, 3.63) is 72.1 Å². The highest BCUT2D eigenvalue weighted by Gasteiger charge is 2.07. The second-order valence-corrected chi connectivity index (χ2v) is 4.45. The topological polar surface area (TPSA) is 42.7 Å². The molecular weight excluding hydrogens is 274 g/mol. The van der Waals surface area contributed by atoms with Crippen molar-refractivity contribution < 1.29 is 8.78 Å². The molecule has 0 radical (unpaired) electrons. The molecule has 1 heterocycles. The van der Waals surface area contributed by atoms with Crippen molar-refractivity contribution in [3.8, 4) is 5.69 Å². The largest absolute Gasteiger partial charge is 0.379 e. The van der Waals surface area contributed by atoms with Crippen molar-refractivity contribution in [2.24, 2.45) is 0 Å². The normalized spacial score (nSPS) is 10.6. The summed E-state index contributed by atoms with van der Waals surface area (Å²) in [7, 11) is 0. The van der Waals surface area contributed by atoms with Crippen LogP contribution in [0.5, 0.6) is 0 Å². The third-order valence-corrected chi connectivity index (χ3v) is 3.05. The maximum absolute atomic E-state index is 13.6. The smallest absolute Gasteiger partial charge is 0.128 e. The van der Waals surface area contributed by atoms with Gasteiger partial charge in [0, 0.05) is 12.1 Å². The summed E-state index contributed by atoms with van der Waals surface area (Å²) in [5.74, 6) is -0.903. The lowest BCUT2D eigenvalue weighted by molar-refractivity contribution is 0.587. The number of anilines is 1. The fourth-order valence-electron chi connectivity index (χ4n) is 2.03. The minimum Gasteiger partial charge on any atom is -0.379 e. The van der Waals surface area contributed by atoms with Crippen molar-refractivity contribution in [3.63, 3.8) is 0 Å². The molecule has 0 aliphatic carbocycles. The van der Waals surface area contributed by atoms with Gasteiger partial charge < -0.3 is 5.32 Å². The van der Waals surface area contributed by atoms with E-state index in [1.54, 1.807) is 17.1 Å². The van der Waals surface area contributed by atoms with Crippen LogP contribution in [0.2, 0.25) is 0 Å². The van der Waals surface area contributed by atoms with E-state index in [9.17, 15) is 8.78 Å². The van der Waals surface area contributed by atoms with Gasteiger partial charge in [-0.05, 0) is 30.3 Å². The Labute approximate surface area is 120 Å². The predicted octanol–water partition coefficient (Wildman–Crippen LogP) is 3.16. The third kappa shape index (κ3) is 2.89. The van der Waals surface area contributed by atoms with Crippen molar-refractivity contribution in [2.75, 3.05) is 5.32 Å². The number of aromatic nitrogens is 3. The highest BCUT2D eigenvalue weighted by Crippen LogP contribution is 2.20.